The molecule has 0 saturated carbocycles. The molecule has 4 rings (SSSR count). The van der Waals surface area contributed by atoms with E-state index in [-0.39, 0.29) is 30.7 Å². The maximum absolute atomic E-state index is 12.5. The van der Waals surface area contributed by atoms with Crippen molar-refractivity contribution in [3.63, 3.8) is 0 Å². The lowest BCUT2D eigenvalue weighted by molar-refractivity contribution is -0.117. The zero-order valence-corrected chi connectivity index (χ0v) is 18.9. The van der Waals surface area contributed by atoms with Crippen LogP contribution in [0.25, 0.3) is 0 Å². The van der Waals surface area contributed by atoms with Crippen LogP contribution in [0, 0.1) is 0 Å². The van der Waals surface area contributed by atoms with Crippen molar-refractivity contribution in [1.82, 2.24) is 9.88 Å². The molecule has 0 bridgehead atoms. The highest BCUT2D eigenvalue weighted by Gasteiger charge is 2.22. The van der Waals surface area contributed by atoms with Crippen LogP contribution < -0.4 is 11.1 Å². The van der Waals surface area contributed by atoms with Crippen LogP contribution in [-0.2, 0) is 30.7 Å². The number of fused-ring (bicyclic) bond motifs is 1. The summed E-state index contributed by atoms with van der Waals surface area (Å²) in [6.45, 7) is 2.78. The summed E-state index contributed by atoms with van der Waals surface area (Å²) in [6.07, 6.45) is 1.42. The van der Waals surface area contributed by atoms with E-state index in [1.807, 2.05) is 36.4 Å². The monoisotopic (exact) mass is 464 g/mol. The fraction of sp³-hybridized carbons (Fsp3) is 0.273. The summed E-state index contributed by atoms with van der Waals surface area (Å²) in [5, 5.41) is 3.56. The van der Waals surface area contributed by atoms with Crippen LogP contribution in [-0.4, -0.2) is 28.4 Å². The average Bonchev–Trinajstić information content (AvgIpc) is 3.11. The van der Waals surface area contributed by atoms with Gasteiger partial charge >= 0.3 is 0 Å². The van der Waals surface area contributed by atoms with Crippen LogP contribution in [0.15, 0.2) is 60.7 Å². The van der Waals surface area contributed by atoms with E-state index in [2.05, 4.69) is 39.5 Å². The highest BCUT2D eigenvalue weighted by atomic mass is 35.5. The van der Waals surface area contributed by atoms with Gasteiger partial charge in [-0.3, -0.25) is 9.69 Å². The molecule has 8 heteroatoms. The fourth-order valence-corrected chi connectivity index (χ4v) is 4.49. The molecule has 1 aromatic heterocycles. The Bertz CT molecular complexity index is 937. The number of aromatic nitrogens is 1. The average molecular weight is 465 g/mol. The Morgan fingerprint density at radius 2 is 1.70 bits per heavy atom. The van der Waals surface area contributed by atoms with Gasteiger partial charge in [0.2, 0.25) is 5.91 Å². The number of anilines is 1. The second kappa shape index (κ2) is 11.4. The number of nitrogens with two attached hydrogens (primary N) is 1. The van der Waals surface area contributed by atoms with Gasteiger partial charge < -0.3 is 11.1 Å². The largest absolute Gasteiger partial charge is 0.320 e. The number of carbonyl (C=O) groups is 1. The minimum Gasteiger partial charge on any atom is -0.320 e. The molecule has 0 fully saturated rings. The molecule has 5 nitrogen and oxygen atoms in total. The van der Waals surface area contributed by atoms with Crippen molar-refractivity contribution < 1.29 is 4.79 Å². The molecule has 0 spiro atoms. The first-order chi connectivity index (χ1) is 13.7. The van der Waals surface area contributed by atoms with E-state index >= 15 is 0 Å². The predicted octanol–water partition coefficient (Wildman–Crippen LogP) is 4.05. The van der Waals surface area contributed by atoms with E-state index in [0.29, 0.717) is 11.6 Å². The minimum atomic E-state index is -0.585. The quantitative estimate of drug-likeness (QED) is 0.576. The SMILES string of the molecule is Cl.Cl.NC(Cc1ccccc1)C(=O)Nc1nc2c(s1)CN(Cc1ccccc1)CC2. The number of amides is 1. The maximum atomic E-state index is 12.5. The number of carbonyl (C=O) groups excluding carboxylic acids is 1. The Kier molecular flexibility index (Phi) is 9.27. The summed E-state index contributed by atoms with van der Waals surface area (Å²) in [4.78, 5) is 20.7. The van der Waals surface area contributed by atoms with Gasteiger partial charge in [-0.15, -0.1) is 36.2 Å². The summed E-state index contributed by atoms with van der Waals surface area (Å²) < 4.78 is 0. The first-order valence-electron chi connectivity index (χ1n) is 9.52. The van der Waals surface area contributed by atoms with Gasteiger partial charge in [-0.1, -0.05) is 60.7 Å². The Morgan fingerprint density at radius 3 is 2.37 bits per heavy atom. The lowest BCUT2D eigenvalue weighted by Gasteiger charge is -2.25. The van der Waals surface area contributed by atoms with E-state index < -0.39 is 6.04 Å². The molecule has 0 saturated heterocycles. The second-order valence-corrected chi connectivity index (χ2v) is 8.20. The van der Waals surface area contributed by atoms with Crippen LogP contribution in [0.5, 0.6) is 0 Å². The van der Waals surface area contributed by atoms with E-state index in [9.17, 15) is 4.79 Å². The van der Waals surface area contributed by atoms with Crippen molar-refractivity contribution in [3.8, 4) is 0 Å². The molecular weight excluding hydrogens is 439 g/mol. The zero-order chi connectivity index (χ0) is 19.3. The van der Waals surface area contributed by atoms with Crippen LogP contribution in [0.2, 0.25) is 0 Å². The molecule has 3 aromatic rings. The number of rotatable bonds is 6. The number of hydrogen-bond donors (Lipinski definition) is 2. The molecule has 0 aliphatic carbocycles. The van der Waals surface area contributed by atoms with Gasteiger partial charge in [0.25, 0.3) is 0 Å². The van der Waals surface area contributed by atoms with Crippen LogP contribution in [0.1, 0.15) is 21.7 Å². The first-order valence-corrected chi connectivity index (χ1v) is 10.3. The number of benzene rings is 2. The van der Waals surface area contributed by atoms with Gasteiger partial charge in [-0.2, -0.15) is 0 Å². The van der Waals surface area contributed by atoms with E-state index in [1.165, 1.54) is 10.4 Å². The predicted molar refractivity (Wildman–Crippen MR) is 128 cm³/mol. The van der Waals surface area contributed by atoms with Crippen molar-refractivity contribution in [2.75, 3.05) is 11.9 Å². The summed E-state index contributed by atoms with van der Waals surface area (Å²) in [5.41, 5.74) is 9.55. The van der Waals surface area contributed by atoms with Crippen molar-refractivity contribution in [2.24, 2.45) is 5.73 Å². The third-order valence-electron chi connectivity index (χ3n) is 4.92. The van der Waals surface area contributed by atoms with Gasteiger partial charge in [0.1, 0.15) is 0 Å². The summed E-state index contributed by atoms with van der Waals surface area (Å²) in [5.74, 6) is -0.184. The molecule has 0 radical (unpaired) electrons. The van der Waals surface area contributed by atoms with E-state index in [0.717, 1.165) is 37.3 Å². The molecule has 1 amide bonds. The number of thiazole rings is 1. The van der Waals surface area contributed by atoms with Gasteiger partial charge in [0.05, 0.1) is 11.7 Å². The van der Waals surface area contributed by atoms with Gasteiger partial charge in [-0.05, 0) is 17.5 Å². The lowest BCUT2D eigenvalue weighted by atomic mass is 10.1. The molecule has 1 aliphatic heterocycles. The van der Waals surface area contributed by atoms with Crippen LogP contribution in [0.4, 0.5) is 5.13 Å². The topological polar surface area (TPSA) is 71.2 Å². The Morgan fingerprint density at radius 1 is 1.07 bits per heavy atom. The molecule has 30 heavy (non-hydrogen) atoms. The minimum absolute atomic E-state index is 0. The summed E-state index contributed by atoms with van der Waals surface area (Å²) in [6, 6.07) is 19.7. The van der Waals surface area contributed by atoms with Crippen LogP contribution in [0.3, 0.4) is 0 Å². The second-order valence-electron chi connectivity index (χ2n) is 7.12. The molecule has 3 N–H and O–H groups in total. The van der Waals surface area contributed by atoms with Gasteiger partial charge in [0.15, 0.2) is 5.13 Å². The highest BCUT2D eigenvalue weighted by Crippen LogP contribution is 2.29. The third-order valence-corrected chi connectivity index (χ3v) is 5.92. The standard InChI is InChI=1S/C22H24N4OS.2ClH/c23-18(13-16-7-3-1-4-8-16)21(27)25-22-24-19-11-12-26(15-20(19)28-22)14-17-9-5-2-6-10-17;;/h1-10,18H,11-15,23H2,(H,24,25,27);2*1H. The van der Waals surface area contributed by atoms with E-state index in [1.54, 1.807) is 11.3 Å². The smallest absolute Gasteiger partial charge is 0.243 e. The Balaban J connectivity index is 0.00000160. The number of hydrogen-bond acceptors (Lipinski definition) is 5. The normalized spacial score (nSPS) is 14.0. The molecule has 160 valence electrons. The molecular formula is C22H26Cl2N4OS. The van der Waals surface area contributed by atoms with Crippen molar-refractivity contribution in [2.45, 2.75) is 32.0 Å². The summed E-state index contributed by atoms with van der Waals surface area (Å²) >= 11 is 1.56. The molecule has 2 aromatic carbocycles. The number of nitrogens with zero attached hydrogens (tertiary/aromatic N) is 2. The molecule has 2 heterocycles. The van der Waals surface area contributed by atoms with E-state index in [4.69, 9.17) is 5.73 Å². The molecule has 1 atom stereocenters. The molecule has 1 aliphatic rings. The van der Waals surface area contributed by atoms with Gasteiger partial charge in [-0.25, -0.2) is 4.98 Å². The Labute approximate surface area is 193 Å². The fourth-order valence-electron chi connectivity index (χ4n) is 3.44. The molecule has 1 unspecified atom stereocenters. The highest BCUT2D eigenvalue weighted by molar-refractivity contribution is 7.15. The number of halogens is 2. The third kappa shape index (κ3) is 6.27. The number of nitrogens with one attached hydrogen (secondary N) is 1. The van der Waals surface area contributed by atoms with Crippen molar-refractivity contribution >= 4 is 47.2 Å². The van der Waals surface area contributed by atoms with Crippen molar-refractivity contribution in [3.05, 3.63) is 82.4 Å². The van der Waals surface area contributed by atoms with Crippen molar-refractivity contribution in [1.29, 1.82) is 0 Å². The summed E-state index contributed by atoms with van der Waals surface area (Å²) in [7, 11) is 0. The first kappa shape index (κ1) is 24.3. The zero-order valence-electron chi connectivity index (χ0n) is 16.5. The van der Waals surface area contributed by atoms with Gasteiger partial charge in [0, 0.05) is 30.9 Å². The lowest BCUT2D eigenvalue weighted by Crippen LogP contribution is -2.37. The Hall–Kier alpha value is -1.96. The van der Waals surface area contributed by atoms with Crippen LogP contribution >= 0.6 is 36.2 Å². The maximum Gasteiger partial charge on any atom is 0.243 e.